The number of anilines is 2. The summed E-state index contributed by atoms with van der Waals surface area (Å²) in [5.74, 6) is 6.27. The van der Waals surface area contributed by atoms with Crippen LogP contribution in [0.2, 0.25) is 10.0 Å². The van der Waals surface area contributed by atoms with E-state index in [9.17, 15) is 9.59 Å². The molecule has 2 aliphatic rings. The van der Waals surface area contributed by atoms with Gasteiger partial charge in [0.15, 0.2) is 0 Å². The molecule has 12 nitrogen and oxygen atoms in total. The number of aromatic nitrogens is 4. The van der Waals surface area contributed by atoms with Crippen LogP contribution in [-0.2, 0) is 35.8 Å². The van der Waals surface area contributed by atoms with Gasteiger partial charge in [-0.05, 0) is 78.7 Å². The van der Waals surface area contributed by atoms with E-state index in [1.165, 1.54) is 0 Å². The monoisotopic (exact) mass is 862 g/mol. The Bertz CT molecular complexity index is 2650. The molecule has 1 atom stereocenters. The van der Waals surface area contributed by atoms with Crippen LogP contribution in [0.1, 0.15) is 47.0 Å². The fourth-order valence-electron chi connectivity index (χ4n) is 7.53. The predicted molar refractivity (Wildman–Crippen MR) is 240 cm³/mol. The lowest BCUT2D eigenvalue weighted by molar-refractivity contribution is -0.123. The highest BCUT2D eigenvalue weighted by atomic mass is 35.5. The Hall–Kier alpha value is -6.72. The number of carbonyl (C=O) groups excluding carboxylic acids is 2. The van der Waals surface area contributed by atoms with Gasteiger partial charge in [0.05, 0.1) is 60.4 Å². The molecule has 312 valence electrons. The van der Waals surface area contributed by atoms with Crippen molar-refractivity contribution in [2.24, 2.45) is 0 Å². The van der Waals surface area contributed by atoms with Gasteiger partial charge in [-0.3, -0.25) is 19.4 Å². The molecular formula is C48H44Cl2N10O2. The SMILES string of the molecule is CC#CCC1CN(c2cccc(Cl)c2)C(=O)CN1Cc1cncn1Cc1ccc(C#N)cc1.N#Cc1ccc(Cn2cncc2CN2CCN(c3cccc(Cl)c3)C(=O)C2)cc1. The van der Waals surface area contributed by atoms with Crippen molar-refractivity contribution >= 4 is 46.4 Å². The van der Waals surface area contributed by atoms with Gasteiger partial charge in [0.2, 0.25) is 11.8 Å². The van der Waals surface area contributed by atoms with Gasteiger partial charge in [-0.1, -0.05) is 59.6 Å². The van der Waals surface area contributed by atoms with E-state index >= 15 is 0 Å². The highest BCUT2D eigenvalue weighted by molar-refractivity contribution is 6.31. The third-order valence-corrected chi connectivity index (χ3v) is 11.3. The van der Waals surface area contributed by atoms with Crippen molar-refractivity contribution in [3.8, 4) is 24.0 Å². The summed E-state index contributed by atoms with van der Waals surface area (Å²) in [6.45, 7) is 7.03. The minimum atomic E-state index is 0.0381. The summed E-state index contributed by atoms with van der Waals surface area (Å²) in [7, 11) is 0. The molecule has 4 heterocycles. The van der Waals surface area contributed by atoms with Crippen molar-refractivity contribution in [1.82, 2.24) is 28.9 Å². The molecule has 0 spiro atoms. The second-order valence-corrected chi connectivity index (χ2v) is 15.9. The van der Waals surface area contributed by atoms with Crippen LogP contribution < -0.4 is 9.80 Å². The van der Waals surface area contributed by atoms with Crippen LogP contribution in [0, 0.1) is 34.5 Å². The summed E-state index contributed by atoms with van der Waals surface area (Å²) in [6, 6.07) is 34.3. The summed E-state index contributed by atoms with van der Waals surface area (Å²) in [4.78, 5) is 42.3. The van der Waals surface area contributed by atoms with Gasteiger partial charge in [-0.2, -0.15) is 10.5 Å². The Balaban J connectivity index is 0.000000188. The highest BCUT2D eigenvalue weighted by Gasteiger charge is 2.33. The number of nitriles is 2. The van der Waals surface area contributed by atoms with Gasteiger partial charge in [-0.15, -0.1) is 11.8 Å². The molecule has 2 fully saturated rings. The van der Waals surface area contributed by atoms with E-state index in [1.54, 1.807) is 34.6 Å². The molecule has 0 saturated carbocycles. The molecule has 1 unspecified atom stereocenters. The zero-order valence-electron chi connectivity index (χ0n) is 34.2. The number of halogens is 2. The lowest BCUT2D eigenvalue weighted by Crippen LogP contribution is -2.56. The average Bonchev–Trinajstić information content (AvgIpc) is 3.92. The minimum absolute atomic E-state index is 0.0381. The maximum Gasteiger partial charge on any atom is 0.241 e. The smallest absolute Gasteiger partial charge is 0.241 e. The molecule has 2 amide bonds. The van der Waals surface area contributed by atoms with Gasteiger partial charge < -0.3 is 18.9 Å². The number of amides is 2. The molecule has 0 N–H and O–H groups in total. The number of hydrogen-bond donors (Lipinski definition) is 0. The van der Waals surface area contributed by atoms with Gasteiger partial charge in [-0.25, -0.2) is 9.97 Å². The Labute approximate surface area is 371 Å². The normalized spacial score (nSPS) is 15.5. The van der Waals surface area contributed by atoms with Gasteiger partial charge >= 0.3 is 0 Å². The van der Waals surface area contributed by atoms with Crippen LogP contribution in [0.25, 0.3) is 0 Å². The Morgan fingerprint density at radius 3 is 1.71 bits per heavy atom. The third-order valence-electron chi connectivity index (χ3n) is 10.8. The molecule has 2 aromatic heterocycles. The van der Waals surface area contributed by atoms with E-state index in [4.69, 9.17) is 33.7 Å². The first-order chi connectivity index (χ1) is 30.2. The number of carbonyl (C=O) groups is 2. The topological polar surface area (TPSA) is 130 Å². The van der Waals surface area contributed by atoms with Crippen molar-refractivity contribution in [2.45, 2.75) is 45.6 Å². The Morgan fingerprint density at radius 2 is 1.19 bits per heavy atom. The zero-order chi connectivity index (χ0) is 43.4. The fourth-order valence-corrected chi connectivity index (χ4v) is 7.90. The van der Waals surface area contributed by atoms with E-state index in [0.717, 1.165) is 40.4 Å². The number of nitrogens with zero attached hydrogens (tertiary/aromatic N) is 10. The van der Waals surface area contributed by atoms with Crippen molar-refractivity contribution in [2.75, 3.05) is 42.5 Å². The number of rotatable bonds is 11. The summed E-state index contributed by atoms with van der Waals surface area (Å²) in [6.07, 6.45) is 7.97. The third kappa shape index (κ3) is 11.2. The molecule has 2 saturated heterocycles. The fraction of sp³-hybridized carbons (Fsp3) is 0.250. The van der Waals surface area contributed by atoms with Crippen LogP contribution in [0.4, 0.5) is 11.4 Å². The number of piperazine rings is 2. The predicted octanol–water partition coefficient (Wildman–Crippen LogP) is 7.39. The van der Waals surface area contributed by atoms with Crippen LogP contribution in [-0.4, -0.2) is 79.5 Å². The number of imidazole rings is 2. The van der Waals surface area contributed by atoms with Crippen LogP contribution >= 0.6 is 23.2 Å². The molecule has 6 aromatic rings. The molecule has 4 aromatic carbocycles. The number of hydrogen-bond acceptors (Lipinski definition) is 8. The van der Waals surface area contributed by atoms with E-state index in [0.29, 0.717) is 80.0 Å². The van der Waals surface area contributed by atoms with Crippen molar-refractivity contribution in [3.05, 3.63) is 166 Å². The van der Waals surface area contributed by atoms with Crippen molar-refractivity contribution in [3.63, 3.8) is 0 Å². The first-order valence-electron chi connectivity index (χ1n) is 20.1. The molecule has 8 rings (SSSR count). The summed E-state index contributed by atoms with van der Waals surface area (Å²) < 4.78 is 4.16. The Morgan fingerprint density at radius 1 is 0.661 bits per heavy atom. The first kappa shape index (κ1) is 43.4. The van der Waals surface area contributed by atoms with E-state index in [-0.39, 0.29) is 17.9 Å². The van der Waals surface area contributed by atoms with Crippen LogP contribution in [0.3, 0.4) is 0 Å². The molecule has 0 radical (unpaired) electrons. The Kier molecular flexibility index (Phi) is 14.5. The molecule has 0 aliphatic carbocycles. The second kappa shape index (κ2) is 20.7. The lowest BCUT2D eigenvalue weighted by Gasteiger charge is -2.40. The lowest BCUT2D eigenvalue weighted by atomic mass is 10.1. The maximum atomic E-state index is 13.1. The summed E-state index contributed by atoms with van der Waals surface area (Å²) in [5.41, 5.74) is 7.21. The largest absolute Gasteiger partial charge is 0.329 e. The standard InChI is InChI=1S/C26H24ClN5O.C22H20ClN5O/c1-2-3-6-24-17-32(23-7-4-5-22(27)12-23)26(33)18-30(24)16-25-14-29-19-31(25)15-21-10-8-20(13-28)9-11-21;23-19-2-1-3-20(10-19)28-9-8-26(15-22(28)29)14-21-12-25-16-27(21)13-18-6-4-17(11-24)5-7-18/h4-5,7-12,14,19,24H,6,15-18H2,1H3;1-7,10,12,16H,8-9,13-15H2. The quantitative estimate of drug-likeness (QED) is 0.123. The van der Waals surface area contributed by atoms with Gasteiger partial charge in [0, 0.05) is 92.1 Å². The van der Waals surface area contributed by atoms with Crippen LogP contribution in [0.5, 0.6) is 0 Å². The van der Waals surface area contributed by atoms with E-state index < -0.39 is 0 Å². The average molecular weight is 864 g/mol. The van der Waals surface area contributed by atoms with Crippen LogP contribution in [0.15, 0.2) is 122 Å². The molecule has 62 heavy (non-hydrogen) atoms. The first-order valence-corrected chi connectivity index (χ1v) is 20.9. The molecule has 2 aliphatic heterocycles. The molecular weight excluding hydrogens is 820 g/mol. The van der Waals surface area contributed by atoms with Crippen molar-refractivity contribution in [1.29, 1.82) is 10.5 Å². The van der Waals surface area contributed by atoms with E-state index in [1.807, 2.05) is 104 Å². The van der Waals surface area contributed by atoms with E-state index in [2.05, 4.69) is 52.9 Å². The number of benzene rings is 4. The highest BCUT2D eigenvalue weighted by Crippen LogP contribution is 2.26. The van der Waals surface area contributed by atoms with Crippen molar-refractivity contribution < 1.29 is 9.59 Å². The zero-order valence-corrected chi connectivity index (χ0v) is 35.8. The second-order valence-electron chi connectivity index (χ2n) is 15.1. The maximum absolute atomic E-state index is 13.1. The van der Waals surface area contributed by atoms with Gasteiger partial charge in [0.25, 0.3) is 0 Å². The molecule has 14 heteroatoms. The summed E-state index contributed by atoms with van der Waals surface area (Å²) >= 11 is 12.2. The van der Waals surface area contributed by atoms with Gasteiger partial charge in [0.1, 0.15) is 0 Å². The summed E-state index contributed by atoms with van der Waals surface area (Å²) in [5, 5.41) is 19.2. The molecule has 0 bridgehead atoms. The minimum Gasteiger partial charge on any atom is -0.329 e.